The highest BCUT2D eigenvalue weighted by atomic mass is 32.1. The normalized spacial score (nSPS) is 13.5. The summed E-state index contributed by atoms with van der Waals surface area (Å²) in [5.74, 6) is -1.24. The van der Waals surface area contributed by atoms with Crippen LogP contribution in [0.1, 0.15) is 94.3 Å². The first kappa shape index (κ1) is 48.0. The van der Waals surface area contributed by atoms with E-state index in [-0.39, 0.29) is 18.1 Å². The van der Waals surface area contributed by atoms with E-state index in [9.17, 15) is 24.0 Å². The molecule has 2 aliphatic heterocycles. The van der Waals surface area contributed by atoms with Crippen LogP contribution in [-0.4, -0.2) is 74.1 Å². The number of nitrogens with zero attached hydrogens (tertiary/aromatic N) is 4. The van der Waals surface area contributed by atoms with Crippen LogP contribution in [0.15, 0.2) is 36.4 Å². The highest BCUT2D eigenvalue weighted by Gasteiger charge is 2.32. The second kappa shape index (κ2) is 19.4. The number of nitrogen functional groups attached to an aromatic ring is 1. The Bertz CT molecular complexity index is 2740. The van der Waals surface area contributed by atoms with Gasteiger partial charge in [0.25, 0.3) is 0 Å². The molecular formula is C46H54N6O8S4. The van der Waals surface area contributed by atoms with E-state index in [0.717, 1.165) is 63.1 Å². The van der Waals surface area contributed by atoms with Gasteiger partial charge in [-0.1, -0.05) is 12.1 Å². The molecule has 18 heteroatoms. The lowest BCUT2D eigenvalue weighted by Gasteiger charge is -2.30. The minimum atomic E-state index is -0.562. The van der Waals surface area contributed by atoms with Gasteiger partial charge in [-0.25, -0.2) is 19.6 Å². The predicted molar refractivity (Wildman–Crippen MR) is 257 cm³/mol. The molecule has 0 aliphatic carbocycles. The Morgan fingerprint density at radius 1 is 0.656 bits per heavy atom. The molecule has 3 amide bonds. The molecule has 2 aliphatic rings. The molecule has 0 saturated heterocycles. The number of benzene rings is 2. The van der Waals surface area contributed by atoms with E-state index >= 15 is 0 Å². The number of esters is 2. The van der Waals surface area contributed by atoms with Crippen molar-refractivity contribution in [3.63, 3.8) is 0 Å². The van der Waals surface area contributed by atoms with E-state index in [1.165, 1.54) is 59.1 Å². The Morgan fingerprint density at radius 3 is 1.52 bits per heavy atom. The number of aromatic nitrogens is 2. The van der Waals surface area contributed by atoms with Gasteiger partial charge in [-0.3, -0.25) is 14.4 Å². The first-order valence-corrected chi connectivity index (χ1v) is 23.9. The minimum Gasteiger partial charge on any atom is -0.444 e. The number of rotatable bonds is 3. The van der Waals surface area contributed by atoms with Gasteiger partial charge in [-0.15, -0.1) is 45.3 Å². The number of amides is 3. The second-order valence-electron chi connectivity index (χ2n) is 17.5. The lowest BCUT2D eigenvalue weighted by Crippen LogP contribution is -2.39. The summed E-state index contributed by atoms with van der Waals surface area (Å²) >= 11 is 6.39. The highest BCUT2D eigenvalue weighted by molar-refractivity contribution is 7.23. The molecule has 0 radical (unpaired) electrons. The topological polar surface area (TPSA) is 183 Å². The maximum atomic E-state index is 12.5. The second-order valence-corrected chi connectivity index (χ2v) is 21.8. The monoisotopic (exact) mass is 946 g/mol. The van der Waals surface area contributed by atoms with Gasteiger partial charge in [0, 0.05) is 54.7 Å². The fraction of sp³-hybridized carbons (Fsp3) is 0.413. The number of anilines is 2. The van der Waals surface area contributed by atoms with Crippen LogP contribution >= 0.6 is 45.3 Å². The molecule has 14 nitrogen and oxygen atoms in total. The molecular weight excluding hydrogens is 893 g/mol. The van der Waals surface area contributed by atoms with Crippen molar-refractivity contribution in [2.75, 3.05) is 24.1 Å². The van der Waals surface area contributed by atoms with Crippen molar-refractivity contribution in [2.24, 2.45) is 0 Å². The largest absolute Gasteiger partial charge is 0.444 e. The smallest absolute Gasteiger partial charge is 0.410 e. The maximum absolute atomic E-state index is 12.5. The number of nitrogens with one attached hydrogen (secondary N) is 1. The Hall–Kier alpha value is -5.43. The van der Waals surface area contributed by atoms with Crippen molar-refractivity contribution in [1.82, 2.24) is 19.8 Å². The summed E-state index contributed by atoms with van der Waals surface area (Å²) < 4.78 is 17.3. The summed E-state index contributed by atoms with van der Waals surface area (Å²) in [6, 6.07) is 12.6. The van der Waals surface area contributed by atoms with Crippen molar-refractivity contribution < 1.29 is 38.2 Å². The number of aryl methyl sites for hydroxylation is 2. The van der Waals surface area contributed by atoms with Crippen molar-refractivity contribution >= 4 is 106 Å². The summed E-state index contributed by atoms with van der Waals surface area (Å²) in [6.07, 6.45) is 0.901. The van der Waals surface area contributed by atoms with Gasteiger partial charge in [-0.05, 0) is 115 Å². The van der Waals surface area contributed by atoms with Gasteiger partial charge >= 0.3 is 24.1 Å². The summed E-state index contributed by atoms with van der Waals surface area (Å²) in [4.78, 5) is 71.8. The molecule has 8 rings (SSSR count). The predicted octanol–water partition coefficient (Wildman–Crippen LogP) is 10.9. The van der Waals surface area contributed by atoms with E-state index in [1.807, 2.05) is 41.5 Å². The van der Waals surface area contributed by atoms with E-state index in [0.29, 0.717) is 32.6 Å². The first-order chi connectivity index (χ1) is 29.9. The molecule has 0 bridgehead atoms. The maximum Gasteiger partial charge on any atom is 0.410 e. The van der Waals surface area contributed by atoms with E-state index in [1.54, 1.807) is 43.8 Å². The average Bonchev–Trinajstić information content (AvgIpc) is 3.93. The van der Waals surface area contributed by atoms with Crippen molar-refractivity contribution in [2.45, 2.75) is 113 Å². The molecule has 64 heavy (non-hydrogen) atoms. The van der Waals surface area contributed by atoms with Crippen molar-refractivity contribution in [3.8, 4) is 21.1 Å². The summed E-state index contributed by atoms with van der Waals surface area (Å²) in [5.41, 5.74) is 14.2. The highest BCUT2D eigenvalue weighted by Crippen LogP contribution is 2.47. The molecule has 340 valence electrons. The Morgan fingerprint density at radius 2 is 1.09 bits per heavy atom. The third-order valence-electron chi connectivity index (χ3n) is 9.54. The fourth-order valence-corrected chi connectivity index (χ4v) is 11.6. The molecule has 3 N–H and O–H groups in total. The van der Waals surface area contributed by atoms with Gasteiger partial charge in [0.15, 0.2) is 0 Å². The third-order valence-corrected chi connectivity index (χ3v) is 13.8. The van der Waals surface area contributed by atoms with Gasteiger partial charge in [-0.2, -0.15) is 0 Å². The van der Waals surface area contributed by atoms with Gasteiger partial charge in [0.1, 0.15) is 26.2 Å². The molecule has 0 spiro atoms. The minimum absolute atomic E-state index is 0.115. The van der Waals surface area contributed by atoms with Crippen molar-refractivity contribution in [3.05, 3.63) is 68.4 Å². The van der Waals surface area contributed by atoms with Crippen LogP contribution in [0.5, 0.6) is 0 Å². The van der Waals surface area contributed by atoms with Crippen LogP contribution in [0.2, 0.25) is 0 Å². The zero-order valence-electron chi connectivity index (χ0n) is 38.0. The number of hydrogen-bond donors (Lipinski definition) is 2. The van der Waals surface area contributed by atoms with E-state index < -0.39 is 23.1 Å². The van der Waals surface area contributed by atoms with Crippen LogP contribution in [0, 0.1) is 13.8 Å². The number of hydrogen-bond acceptors (Lipinski definition) is 15. The fourth-order valence-electron chi connectivity index (χ4n) is 6.99. The Balaban J connectivity index is 0.000000186. The molecule has 0 atom stereocenters. The molecule has 6 aromatic rings. The molecule has 0 fully saturated rings. The third kappa shape index (κ3) is 12.0. The molecule has 2 aromatic carbocycles. The lowest BCUT2D eigenvalue weighted by atomic mass is 10.0. The summed E-state index contributed by atoms with van der Waals surface area (Å²) in [6.45, 7) is 21.5. The number of fused-ring (bicyclic) bond motifs is 4. The Kier molecular flexibility index (Phi) is 14.5. The number of thiophene rings is 2. The number of thiazole rings is 2. The standard InChI is InChI=1S/C22H25N3O3S2.C20H23N3O2S2.C4H6O3/c1-12-6-7-16-15(10-12)24-20(29-16)18-14-8-9-25(21(27)28-22(3,4)5)11-17(14)30-19(18)23-13(2)26;1-11-5-6-14-13(9-11)22-18(27-14)16-12-7-8-23(10-15(12)26-17(16)21)19(24)25-20(2,3)4;1-3(5)7-4(2)6/h6-7,10H,8-9,11H2,1-5H3,(H,23,26);5-6,9H,7-8,10,21H2,1-4H3;1-2H3. The van der Waals surface area contributed by atoms with Gasteiger partial charge < -0.3 is 35.1 Å². The average molecular weight is 947 g/mol. The van der Waals surface area contributed by atoms with Crippen LogP contribution in [0.3, 0.4) is 0 Å². The lowest BCUT2D eigenvalue weighted by molar-refractivity contribution is -0.156. The van der Waals surface area contributed by atoms with Crippen molar-refractivity contribution in [1.29, 1.82) is 0 Å². The number of nitrogens with two attached hydrogens (primary N) is 1. The first-order valence-electron chi connectivity index (χ1n) is 20.7. The molecule has 6 heterocycles. The van der Waals surface area contributed by atoms with Crippen LogP contribution < -0.4 is 11.1 Å². The number of ether oxygens (including phenoxy) is 3. The number of carbonyl (C=O) groups is 5. The number of carbonyl (C=O) groups excluding carboxylic acids is 5. The zero-order chi connectivity index (χ0) is 46.8. The van der Waals surface area contributed by atoms with Gasteiger partial charge in [0.05, 0.1) is 38.5 Å². The van der Waals surface area contributed by atoms with E-state index in [2.05, 4.69) is 60.3 Å². The Labute approximate surface area is 388 Å². The molecule has 0 saturated carbocycles. The molecule has 4 aromatic heterocycles. The van der Waals surface area contributed by atoms with Gasteiger partial charge in [0.2, 0.25) is 5.91 Å². The molecule has 0 unspecified atom stereocenters. The quantitative estimate of drug-likeness (QED) is 0.0978. The van der Waals surface area contributed by atoms with Crippen LogP contribution in [0.4, 0.5) is 19.6 Å². The van der Waals surface area contributed by atoms with E-state index in [4.69, 9.17) is 25.2 Å². The van der Waals surface area contributed by atoms with Crippen LogP contribution in [-0.2, 0) is 54.5 Å². The van der Waals surface area contributed by atoms with Crippen LogP contribution in [0.25, 0.3) is 41.6 Å². The zero-order valence-corrected chi connectivity index (χ0v) is 41.2. The summed E-state index contributed by atoms with van der Waals surface area (Å²) in [5, 5.41) is 6.43. The SMILES string of the molecule is CC(=O)Nc1sc2c(c1-c1nc3cc(C)ccc3s1)CCN(C(=O)OC(C)(C)C)C2.CC(=O)OC(C)=O.Cc1ccc2sc(-c3c(N)sc4c3CCN(C(=O)OC(C)(C)C)C4)nc2c1. The summed E-state index contributed by atoms with van der Waals surface area (Å²) in [7, 11) is 0.